The summed E-state index contributed by atoms with van der Waals surface area (Å²) < 4.78 is 26.5. The molecule has 1 N–H and O–H groups in total. The van der Waals surface area contributed by atoms with Crippen LogP contribution in [0.3, 0.4) is 0 Å². The van der Waals surface area contributed by atoms with Crippen molar-refractivity contribution in [2.24, 2.45) is 0 Å². The lowest BCUT2D eigenvalue weighted by Gasteiger charge is -2.20. The molecule has 0 spiro atoms. The molecule has 0 atom stereocenters. The van der Waals surface area contributed by atoms with Gasteiger partial charge >= 0.3 is 0 Å². The number of carbonyl (C=O) groups excluding carboxylic acids is 1. The summed E-state index contributed by atoms with van der Waals surface area (Å²) in [5.41, 5.74) is 0. The lowest BCUT2D eigenvalue weighted by atomic mass is 10.4. The van der Waals surface area contributed by atoms with Crippen molar-refractivity contribution in [3.63, 3.8) is 0 Å². The third-order valence-electron chi connectivity index (χ3n) is 3.25. The maximum absolute atomic E-state index is 12.7. The molecule has 2 rings (SSSR count). The molecule has 1 aromatic carbocycles. The second-order valence-corrected chi connectivity index (χ2v) is 8.56. The van der Waals surface area contributed by atoms with Crippen LogP contribution >= 0.6 is 34.5 Å². The Morgan fingerprint density at radius 1 is 1.25 bits per heavy atom. The second kappa shape index (κ2) is 8.31. The van der Waals surface area contributed by atoms with Crippen molar-refractivity contribution < 1.29 is 13.2 Å². The molecule has 0 unspecified atom stereocenters. The van der Waals surface area contributed by atoms with E-state index in [9.17, 15) is 13.2 Å². The van der Waals surface area contributed by atoms with Gasteiger partial charge in [0, 0.05) is 11.4 Å². The fourth-order valence-corrected chi connectivity index (χ4v) is 4.79. The van der Waals surface area contributed by atoms with Crippen molar-refractivity contribution in [2.45, 2.75) is 18.4 Å². The number of thiophene rings is 1. The molecule has 24 heavy (non-hydrogen) atoms. The third kappa shape index (κ3) is 4.49. The quantitative estimate of drug-likeness (QED) is 0.765. The normalized spacial score (nSPS) is 11.7. The van der Waals surface area contributed by atoms with Crippen molar-refractivity contribution in [3.05, 3.63) is 50.6 Å². The van der Waals surface area contributed by atoms with Gasteiger partial charge in [-0.1, -0.05) is 42.3 Å². The SMILES string of the molecule is CCN(CC(=O)NCc1cccs1)S(=O)(=O)c1cccc(Cl)c1Cl. The number of nitrogens with one attached hydrogen (secondary N) is 1. The summed E-state index contributed by atoms with van der Waals surface area (Å²) in [5.74, 6) is -0.382. The number of hydrogen-bond acceptors (Lipinski definition) is 4. The summed E-state index contributed by atoms with van der Waals surface area (Å²) in [7, 11) is -3.91. The molecular formula is C15H16Cl2N2O3S2. The highest BCUT2D eigenvalue weighted by atomic mass is 35.5. The van der Waals surface area contributed by atoms with Crippen molar-refractivity contribution in [3.8, 4) is 0 Å². The van der Waals surface area contributed by atoms with Gasteiger partial charge in [0.2, 0.25) is 15.9 Å². The van der Waals surface area contributed by atoms with Crippen LogP contribution in [0.5, 0.6) is 0 Å². The number of rotatable bonds is 7. The Hall–Kier alpha value is -1.12. The molecule has 0 aliphatic rings. The van der Waals surface area contributed by atoms with Crippen LogP contribution in [-0.4, -0.2) is 31.7 Å². The van der Waals surface area contributed by atoms with Crippen LogP contribution in [0.2, 0.25) is 10.0 Å². The minimum absolute atomic E-state index is 0.0448. The van der Waals surface area contributed by atoms with E-state index in [1.165, 1.54) is 29.5 Å². The smallest absolute Gasteiger partial charge is 0.245 e. The molecule has 0 saturated heterocycles. The molecule has 0 aliphatic heterocycles. The Balaban J connectivity index is 2.11. The Labute approximate surface area is 155 Å². The van der Waals surface area contributed by atoms with Crippen LogP contribution in [-0.2, 0) is 21.4 Å². The summed E-state index contributed by atoms with van der Waals surface area (Å²) in [6, 6.07) is 8.16. The fraction of sp³-hybridized carbons (Fsp3) is 0.267. The summed E-state index contributed by atoms with van der Waals surface area (Å²) in [5, 5.41) is 4.72. The molecule has 1 heterocycles. The average molecular weight is 407 g/mol. The van der Waals surface area contributed by atoms with Gasteiger partial charge in [-0.3, -0.25) is 4.79 Å². The van der Waals surface area contributed by atoms with Gasteiger partial charge in [-0.2, -0.15) is 4.31 Å². The molecule has 0 aliphatic carbocycles. The summed E-state index contributed by atoms with van der Waals surface area (Å²) in [4.78, 5) is 13.0. The number of likely N-dealkylation sites (N-methyl/N-ethyl adjacent to an activating group) is 1. The van der Waals surface area contributed by atoms with E-state index in [1.807, 2.05) is 17.5 Å². The predicted octanol–water partition coefficient (Wildman–Crippen LogP) is 3.38. The maximum Gasteiger partial charge on any atom is 0.245 e. The van der Waals surface area contributed by atoms with E-state index in [4.69, 9.17) is 23.2 Å². The van der Waals surface area contributed by atoms with Crippen LogP contribution in [0.4, 0.5) is 0 Å². The number of nitrogens with zero attached hydrogens (tertiary/aromatic N) is 1. The molecule has 5 nitrogen and oxygen atoms in total. The van der Waals surface area contributed by atoms with Gasteiger partial charge in [0.15, 0.2) is 0 Å². The molecule has 0 radical (unpaired) electrons. The third-order valence-corrected chi connectivity index (χ3v) is 7.02. The highest BCUT2D eigenvalue weighted by molar-refractivity contribution is 7.89. The zero-order valence-electron chi connectivity index (χ0n) is 12.8. The van der Waals surface area contributed by atoms with Gasteiger partial charge in [0.25, 0.3) is 0 Å². The van der Waals surface area contributed by atoms with Crippen molar-refractivity contribution in [2.75, 3.05) is 13.1 Å². The standard InChI is InChI=1S/C15H16Cl2N2O3S2/c1-2-19(10-14(20)18-9-11-5-4-8-23-11)24(21,22)13-7-3-6-12(16)15(13)17/h3-8H,2,9-10H2,1H3,(H,18,20). The number of hydrogen-bond donors (Lipinski definition) is 1. The topological polar surface area (TPSA) is 66.5 Å². The zero-order valence-corrected chi connectivity index (χ0v) is 16.0. The highest BCUT2D eigenvalue weighted by Crippen LogP contribution is 2.30. The van der Waals surface area contributed by atoms with E-state index < -0.39 is 10.0 Å². The number of benzene rings is 1. The van der Waals surface area contributed by atoms with Gasteiger partial charge in [-0.05, 0) is 23.6 Å². The predicted molar refractivity (Wildman–Crippen MR) is 97.1 cm³/mol. The van der Waals surface area contributed by atoms with Crippen LogP contribution in [0.1, 0.15) is 11.8 Å². The first kappa shape index (κ1) is 19.2. The first-order chi connectivity index (χ1) is 11.4. The first-order valence-corrected chi connectivity index (χ1v) is 10.2. The van der Waals surface area contributed by atoms with Crippen molar-refractivity contribution >= 4 is 50.5 Å². The number of amides is 1. The second-order valence-electron chi connectivity index (χ2n) is 4.84. The molecule has 0 fully saturated rings. The van der Waals surface area contributed by atoms with Crippen molar-refractivity contribution in [1.29, 1.82) is 0 Å². The molecule has 0 bridgehead atoms. The van der Waals surface area contributed by atoms with Crippen LogP contribution in [0, 0.1) is 0 Å². The molecule has 1 amide bonds. The Morgan fingerprint density at radius 2 is 2.00 bits per heavy atom. The monoisotopic (exact) mass is 406 g/mol. The molecular weight excluding hydrogens is 391 g/mol. The van der Waals surface area contributed by atoms with E-state index in [1.54, 1.807) is 6.92 Å². The lowest BCUT2D eigenvalue weighted by Crippen LogP contribution is -2.40. The van der Waals surface area contributed by atoms with Crippen LogP contribution < -0.4 is 5.32 Å². The molecule has 0 saturated carbocycles. The van der Waals surface area contributed by atoms with E-state index in [0.717, 1.165) is 9.18 Å². The molecule has 9 heteroatoms. The van der Waals surface area contributed by atoms with Gasteiger partial charge in [-0.25, -0.2) is 8.42 Å². The number of halogens is 2. The van der Waals surface area contributed by atoms with Gasteiger partial charge in [-0.15, -0.1) is 11.3 Å². The fourth-order valence-electron chi connectivity index (χ4n) is 2.00. The Kier molecular flexibility index (Phi) is 6.65. The van der Waals surface area contributed by atoms with Crippen molar-refractivity contribution in [1.82, 2.24) is 9.62 Å². The number of sulfonamides is 1. The van der Waals surface area contributed by atoms with E-state index >= 15 is 0 Å². The maximum atomic E-state index is 12.7. The minimum atomic E-state index is -3.91. The Bertz CT molecular complexity index is 808. The van der Waals surface area contributed by atoms with Gasteiger partial charge < -0.3 is 5.32 Å². The van der Waals surface area contributed by atoms with Crippen LogP contribution in [0.25, 0.3) is 0 Å². The number of carbonyl (C=O) groups is 1. The van der Waals surface area contributed by atoms with Crippen LogP contribution in [0.15, 0.2) is 40.6 Å². The Morgan fingerprint density at radius 3 is 2.62 bits per heavy atom. The first-order valence-electron chi connectivity index (χ1n) is 7.09. The molecule has 1 aromatic heterocycles. The summed E-state index contributed by atoms with van der Waals surface area (Å²) >= 11 is 13.4. The highest BCUT2D eigenvalue weighted by Gasteiger charge is 2.28. The van der Waals surface area contributed by atoms with E-state index in [0.29, 0.717) is 6.54 Å². The van der Waals surface area contributed by atoms with E-state index in [-0.39, 0.29) is 33.9 Å². The largest absolute Gasteiger partial charge is 0.350 e. The average Bonchev–Trinajstić information content (AvgIpc) is 3.06. The zero-order chi connectivity index (χ0) is 17.7. The van der Waals surface area contributed by atoms with E-state index in [2.05, 4.69) is 5.32 Å². The molecule has 2 aromatic rings. The molecule has 130 valence electrons. The lowest BCUT2D eigenvalue weighted by molar-refractivity contribution is -0.121. The van der Waals surface area contributed by atoms with Gasteiger partial charge in [0.1, 0.15) is 4.90 Å². The summed E-state index contributed by atoms with van der Waals surface area (Å²) in [6.45, 7) is 1.87. The van der Waals surface area contributed by atoms with Gasteiger partial charge in [0.05, 0.1) is 23.1 Å². The summed E-state index contributed by atoms with van der Waals surface area (Å²) in [6.07, 6.45) is 0. The minimum Gasteiger partial charge on any atom is -0.350 e.